The summed E-state index contributed by atoms with van der Waals surface area (Å²) in [5, 5.41) is 20.4. The van der Waals surface area contributed by atoms with E-state index < -0.39 is 43.5 Å². The average molecular weight is 318 g/mol. The minimum atomic E-state index is -4.05. The number of nitro groups is 1. The van der Waals surface area contributed by atoms with Crippen LogP contribution >= 0.6 is 0 Å². The molecule has 0 radical (unpaired) electrons. The zero-order valence-corrected chi connectivity index (χ0v) is 11.8. The van der Waals surface area contributed by atoms with Crippen molar-refractivity contribution in [1.82, 2.24) is 4.72 Å². The highest BCUT2D eigenvalue weighted by atomic mass is 32.2. The molecule has 0 bridgehead atoms. The van der Waals surface area contributed by atoms with Gasteiger partial charge in [-0.1, -0.05) is 12.8 Å². The van der Waals surface area contributed by atoms with Crippen molar-refractivity contribution < 1.29 is 22.8 Å². The third kappa shape index (κ3) is 3.55. The molecule has 1 aromatic carbocycles. The van der Waals surface area contributed by atoms with Crippen LogP contribution in [0.5, 0.6) is 0 Å². The van der Waals surface area contributed by atoms with Crippen LogP contribution in [-0.2, 0) is 10.0 Å². The van der Waals surface area contributed by atoms with Crippen LogP contribution in [0.2, 0.25) is 0 Å². The number of aliphatic hydroxyl groups excluding tert-OH is 1. The molecule has 2 N–H and O–H groups in total. The summed E-state index contributed by atoms with van der Waals surface area (Å²) in [6.07, 6.45) is 1.80. The lowest BCUT2D eigenvalue weighted by molar-refractivity contribution is -0.387. The molecule has 116 valence electrons. The van der Waals surface area contributed by atoms with E-state index in [-0.39, 0.29) is 0 Å². The molecule has 0 saturated heterocycles. The number of halogens is 1. The molecular weight excluding hydrogens is 303 g/mol. The first-order chi connectivity index (χ1) is 9.81. The van der Waals surface area contributed by atoms with Gasteiger partial charge in [-0.3, -0.25) is 10.1 Å². The minimum absolute atomic E-state index is 0.395. The molecule has 9 heteroatoms. The standard InChI is InChI=1S/C12H15FN2O5S/c13-9-6-5-8(7-11(9)15(17)18)21(19,20)14-10-3-1-2-4-12(10)16/h5-7,10,12,14,16H,1-4H2/t10-,12-/m0/s1. The van der Waals surface area contributed by atoms with Crippen molar-refractivity contribution in [2.24, 2.45) is 0 Å². The SMILES string of the molecule is O=[N+]([O-])c1cc(S(=O)(=O)N[C@H]2CCCC[C@@H]2O)ccc1F. The molecule has 7 nitrogen and oxygen atoms in total. The zero-order valence-electron chi connectivity index (χ0n) is 11.0. The van der Waals surface area contributed by atoms with Gasteiger partial charge < -0.3 is 5.11 Å². The van der Waals surface area contributed by atoms with Gasteiger partial charge >= 0.3 is 5.69 Å². The van der Waals surface area contributed by atoms with Crippen LogP contribution in [-0.4, -0.2) is 30.6 Å². The van der Waals surface area contributed by atoms with Crippen LogP contribution in [0.4, 0.5) is 10.1 Å². The molecule has 2 rings (SSSR count). The summed E-state index contributed by atoms with van der Waals surface area (Å²) < 4.78 is 39.9. The maximum atomic E-state index is 13.2. The van der Waals surface area contributed by atoms with Crippen molar-refractivity contribution >= 4 is 15.7 Å². The maximum Gasteiger partial charge on any atom is 0.306 e. The fourth-order valence-corrected chi connectivity index (χ4v) is 3.64. The fraction of sp³-hybridized carbons (Fsp3) is 0.500. The number of sulfonamides is 1. The van der Waals surface area contributed by atoms with Gasteiger partial charge in [0.15, 0.2) is 0 Å². The second-order valence-corrected chi connectivity index (χ2v) is 6.66. The number of benzene rings is 1. The van der Waals surface area contributed by atoms with E-state index in [1.165, 1.54) is 0 Å². The van der Waals surface area contributed by atoms with Crippen molar-refractivity contribution in [2.45, 2.75) is 42.7 Å². The van der Waals surface area contributed by atoms with E-state index in [0.717, 1.165) is 25.0 Å². The Bertz CT molecular complexity index is 649. The Morgan fingerprint density at radius 2 is 2.00 bits per heavy atom. The van der Waals surface area contributed by atoms with Gasteiger partial charge in [0.2, 0.25) is 15.8 Å². The summed E-state index contributed by atoms with van der Waals surface area (Å²) in [7, 11) is -4.05. The second-order valence-electron chi connectivity index (χ2n) is 4.95. The van der Waals surface area contributed by atoms with E-state index in [4.69, 9.17) is 0 Å². The Balaban J connectivity index is 2.27. The molecule has 1 fully saturated rings. The van der Waals surface area contributed by atoms with Gasteiger partial charge in [0.25, 0.3) is 0 Å². The number of nitrogens with zero attached hydrogens (tertiary/aromatic N) is 1. The van der Waals surface area contributed by atoms with Gasteiger partial charge in [-0.25, -0.2) is 13.1 Å². The van der Waals surface area contributed by atoms with Gasteiger partial charge in [0.1, 0.15) is 0 Å². The normalized spacial score (nSPS) is 23.0. The van der Waals surface area contributed by atoms with Crippen LogP contribution in [0.15, 0.2) is 23.1 Å². The fourth-order valence-electron chi connectivity index (χ4n) is 2.32. The number of aliphatic hydroxyl groups is 1. The molecule has 1 aromatic rings. The Morgan fingerprint density at radius 3 is 2.62 bits per heavy atom. The smallest absolute Gasteiger partial charge is 0.306 e. The van der Waals surface area contributed by atoms with Crippen LogP contribution in [0.1, 0.15) is 25.7 Å². The quantitative estimate of drug-likeness (QED) is 0.642. The molecule has 0 aromatic heterocycles. The van der Waals surface area contributed by atoms with Crippen LogP contribution in [0.3, 0.4) is 0 Å². The number of rotatable bonds is 4. The summed E-state index contributed by atoms with van der Waals surface area (Å²) in [6, 6.07) is 1.74. The van der Waals surface area contributed by atoms with E-state index in [2.05, 4.69) is 4.72 Å². The molecule has 2 atom stereocenters. The summed E-state index contributed by atoms with van der Waals surface area (Å²) in [6.45, 7) is 0. The topological polar surface area (TPSA) is 110 Å². The summed E-state index contributed by atoms with van der Waals surface area (Å²) in [5.74, 6) is -1.10. The van der Waals surface area contributed by atoms with E-state index in [1.807, 2.05) is 0 Å². The van der Waals surface area contributed by atoms with Gasteiger partial charge in [0.05, 0.1) is 15.9 Å². The summed E-state index contributed by atoms with van der Waals surface area (Å²) in [5.41, 5.74) is -0.901. The third-order valence-electron chi connectivity index (χ3n) is 3.46. The first-order valence-electron chi connectivity index (χ1n) is 6.45. The lowest BCUT2D eigenvalue weighted by atomic mass is 9.93. The molecular formula is C12H15FN2O5S. The van der Waals surface area contributed by atoms with E-state index in [9.17, 15) is 28.0 Å². The maximum absolute atomic E-state index is 13.2. The molecule has 0 aliphatic heterocycles. The molecule has 0 amide bonds. The Kier molecular flexibility index (Phi) is 4.55. The summed E-state index contributed by atoms with van der Waals surface area (Å²) in [4.78, 5) is 9.28. The molecule has 1 aliphatic rings. The minimum Gasteiger partial charge on any atom is -0.391 e. The van der Waals surface area contributed by atoms with Gasteiger partial charge in [-0.2, -0.15) is 4.39 Å². The zero-order chi connectivity index (χ0) is 15.6. The lowest BCUT2D eigenvalue weighted by Crippen LogP contribution is -2.44. The molecule has 0 spiro atoms. The van der Waals surface area contributed by atoms with Crippen molar-refractivity contribution in [1.29, 1.82) is 0 Å². The molecule has 0 heterocycles. The van der Waals surface area contributed by atoms with Gasteiger partial charge in [-0.15, -0.1) is 0 Å². The van der Waals surface area contributed by atoms with E-state index >= 15 is 0 Å². The largest absolute Gasteiger partial charge is 0.391 e. The number of hydrogen-bond acceptors (Lipinski definition) is 5. The van der Waals surface area contributed by atoms with Gasteiger partial charge in [-0.05, 0) is 25.0 Å². The number of hydrogen-bond donors (Lipinski definition) is 2. The third-order valence-corrected chi connectivity index (χ3v) is 4.95. The second kappa shape index (κ2) is 6.04. The molecule has 1 saturated carbocycles. The highest BCUT2D eigenvalue weighted by molar-refractivity contribution is 7.89. The molecule has 21 heavy (non-hydrogen) atoms. The van der Waals surface area contributed by atoms with Crippen molar-refractivity contribution in [2.75, 3.05) is 0 Å². The first kappa shape index (κ1) is 15.8. The Morgan fingerprint density at radius 1 is 1.33 bits per heavy atom. The van der Waals surface area contributed by atoms with Crippen LogP contribution in [0.25, 0.3) is 0 Å². The number of nitrogens with one attached hydrogen (secondary N) is 1. The number of nitro benzene ring substituents is 1. The predicted octanol–water partition coefficient (Wildman–Crippen LogP) is 1.32. The first-order valence-corrected chi connectivity index (χ1v) is 7.94. The Labute approximate surface area is 121 Å². The Hall–Kier alpha value is -1.58. The van der Waals surface area contributed by atoms with E-state index in [0.29, 0.717) is 18.9 Å². The average Bonchev–Trinajstić information content (AvgIpc) is 2.41. The summed E-state index contributed by atoms with van der Waals surface area (Å²) >= 11 is 0. The van der Waals surface area contributed by atoms with Crippen molar-refractivity contribution in [3.63, 3.8) is 0 Å². The highest BCUT2D eigenvalue weighted by Gasteiger charge is 2.29. The van der Waals surface area contributed by atoms with Crippen LogP contribution < -0.4 is 4.72 Å². The monoisotopic (exact) mass is 318 g/mol. The highest BCUT2D eigenvalue weighted by Crippen LogP contribution is 2.24. The predicted molar refractivity (Wildman–Crippen MR) is 71.6 cm³/mol. The molecule has 0 unspecified atom stereocenters. The van der Waals surface area contributed by atoms with Crippen LogP contribution in [0, 0.1) is 15.9 Å². The van der Waals surface area contributed by atoms with E-state index in [1.54, 1.807) is 0 Å². The van der Waals surface area contributed by atoms with Crippen molar-refractivity contribution in [3.8, 4) is 0 Å². The lowest BCUT2D eigenvalue weighted by Gasteiger charge is -2.28. The molecule has 1 aliphatic carbocycles. The van der Waals surface area contributed by atoms with Crippen molar-refractivity contribution in [3.05, 3.63) is 34.1 Å². The van der Waals surface area contributed by atoms with Gasteiger partial charge in [0, 0.05) is 12.1 Å².